The van der Waals surface area contributed by atoms with E-state index >= 15 is 0 Å². The van der Waals surface area contributed by atoms with Crippen molar-refractivity contribution in [3.63, 3.8) is 0 Å². The highest BCUT2D eigenvalue weighted by Gasteiger charge is 2.24. The van der Waals surface area contributed by atoms with Gasteiger partial charge < -0.3 is 9.80 Å². The SMILES string of the molecule is CCCCCCCCCCCCCCCCN1C=CN(CCCCCCCCCC)C1CCCC. The second-order valence-corrected chi connectivity index (χ2v) is 11.5. The van der Waals surface area contributed by atoms with Crippen molar-refractivity contribution in [1.82, 2.24) is 9.80 Å². The van der Waals surface area contributed by atoms with Crippen LogP contribution in [0.15, 0.2) is 12.4 Å². The molecule has 1 aliphatic heterocycles. The summed E-state index contributed by atoms with van der Waals surface area (Å²) in [6, 6.07) is 0. The van der Waals surface area contributed by atoms with Crippen molar-refractivity contribution in [3.05, 3.63) is 12.4 Å². The van der Waals surface area contributed by atoms with Crippen LogP contribution in [0.1, 0.15) is 181 Å². The third-order valence-corrected chi connectivity index (χ3v) is 8.07. The maximum absolute atomic E-state index is 2.67. The summed E-state index contributed by atoms with van der Waals surface area (Å²) in [5.74, 6) is 0. The van der Waals surface area contributed by atoms with Crippen LogP contribution in [-0.2, 0) is 0 Å². The molecule has 1 heterocycles. The molecule has 0 N–H and O–H groups in total. The van der Waals surface area contributed by atoms with Gasteiger partial charge in [0, 0.05) is 25.5 Å². The van der Waals surface area contributed by atoms with Gasteiger partial charge >= 0.3 is 0 Å². The average Bonchev–Trinajstić information content (AvgIpc) is 3.25. The quantitative estimate of drug-likeness (QED) is 0.106. The lowest BCUT2D eigenvalue weighted by molar-refractivity contribution is 0.136. The van der Waals surface area contributed by atoms with Gasteiger partial charge in [-0.25, -0.2) is 0 Å². The Labute approximate surface area is 222 Å². The molecule has 2 nitrogen and oxygen atoms in total. The summed E-state index contributed by atoms with van der Waals surface area (Å²) in [5, 5.41) is 0. The van der Waals surface area contributed by atoms with E-state index in [1.54, 1.807) is 0 Å². The lowest BCUT2D eigenvalue weighted by Crippen LogP contribution is -2.39. The number of nitrogens with zero attached hydrogens (tertiary/aromatic N) is 2. The lowest BCUT2D eigenvalue weighted by atomic mass is 10.0. The second-order valence-electron chi connectivity index (χ2n) is 11.5. The zero-order valence-corrected chi connectivity index (χ0v) is 24.7. The van der Waals surface area contributed by atoms with Crippen LogP contribution in [0, 0.1) is 0 Å². The molecule has 0 saturated heterocycles. The fourth-order valence-electron chi connectivity index (χ4n) is 5.64. The van der Waals surface area contributed by atoms with Crippen molar-refractivity contribution in [2.45, 2.75) is 187 Å². The summed E-state index contributed by atoms with van der Waals surface area (Å²) in [6.45, 7) is 9.47. The van der Waals surface area contributed by atoms with Gasteiger partial charge in [0.1, 0.15) is 6.17 Å². The first-order valence-electron chi connectivity index (χ1n) is 16.5. The Kier molecular flexibility index (Phi) is 23.1. The van der Waals surface area contributed by atoms with Crippen molar-refractivity contribution in [2.75, 3.05) is 13.1 Å². The normalized spacial score (nSPS) is 15.6. The first kappa shape index (κ1) is 32.4. The third-order valence-electron chi connectivity index (χ3n) is 8.07. The van der Waals surface area contributed by atoms with Crippen LogP contribution >= 0.6 is 0 Å². The molecule has 0 amide bonds. The van der Waals surface area contributed by atoms with Crippen LogP contribution < -0.4 is 0 Å². The van der Waals surface area contributed by atoms with E-state index in [0.717, 1.165) is 0 Å². The maximum Gasteiger partial charge on any atom is 0.101 e. The Hall–Kier alpha value is -0.660. The Morgan fingerprint density at radius 3 is 0.971 bits per heavy atom. The molecule has 0 aromatic heterocycles. The fourth-order valence-corrected chi connectivity index (χ4v) is 5.64. The Balaban J connectivity index is 2.03. The molecular weight excluding hydrogens is 424 g/mol. The number of unbranched alkanes of at least 4 members (excludes halogenated alkanes) is 21. The third kappa shape index (κ3) is 18.3. The average molecular weight is 491 g/mol. The van der Waals surface area contributed by atoms with E-state index in [1.807, 2.05) is 0 Å². The van der Waals surface area contributed by atoms with Crippen LogP contribution in [0.4, 0.5) is 0 Å². The Morgan fingerprint density at radius 1 is 0.371 bits per heavy atom. The zero-order chi connectivity index (χ0) is 25.2. The summed E-state index contributed by atoms with van der Waals surface area (Å²) >= 11 is 0. The molecule has 0 fully saturated rings. The van der Waals surface area contributed by atoms with E-state index in [-0.39, 0.29) is 0 Å². The van der Waals surface area contributed by atoms with Gasteiger partial charge in [-0.3, -0.25) is 0 Å². The van der Waals surface area contributed by atoms with Gasteiger partial charge in [0.2, 0.25) is 0 Å². The molecule has 35 heavy (non-hydrogen) atoms. The van der Waals surface area contributed by atoms with Gasteiger partial charge in [-0.05, 0) is 25.7 Å². The summed E-state index contributed by atoms with van der Waals surface area (Å²) in [4.78, 5) is 5.33. The van der Waals surface area contributed by atoms with E-state index < -0.39 is 0 Å². The molecule has 0 aromatic rings. The van der Waals surface area contributed by atoms with Crippen LogP contribution in [0.3, 0.4) is 0 Å². The molecule has 0 aromatic carbocycles. The molecule has 2 heteroatoms. The highest BCUT2D eigenvalue weighted by atomic mass is 15.4. The number of hydrogen-bond donors (Lipinski definition) is 0. The minimum absolute atomic E-state index is 0.640. The predicted octanol–water partition coefficient (Wildman–Crippen LogP) is 11.2. The van der Waals surface area contributed by atoms with E-state index in [9.17, 15) is 0 Å². The van der Waals surface area contributed by atoms with Crippen molar-refractivity contribution in [1.29, 1.82) is 0 Å². The number of rotatable bonds is 27. The molecule has 1 unspecified atom stereocenters. The summed E-state index contributed by atoms with van der Waals surface area (Å²) < 4.78 is 0. The lowest BCUT2D eigenvalue weighted by Gasteiger charge is -2.33. The van der Waals surface area contributed by atoms with Crippen LogP contribution in [-0.4, -0.2) is 29.1 Å². The largest absolute Gasteiger partial charge is 0.356 e. The summed E-state index contributed by atoms with van der Waals surface area (Å²) in [5.41, 5.74) is 0. The van der Waals surface area contributed by atoms with E-state index in [0.29, 0.717) is 6.17 Å². The molecular formula is C33H66N2. The first-order chi connectivity index (χ1) is 17.3. The smallest absolute Gasteiger partial charge is 0.101 e. The summed E-state index contributed by atoms with van der Waals surface area (Å²) in [7, 11) is 0. The monoisotopic (exact) mass is 491 g/mol. The molecule has 1 aliphatic rings. The predicted molar refractivity (Wildman–Crippen MR) is 159 cm³/mol. The van der Waals surface area contributed by atoms with Gasteiger partial charge in [-0.1, -0.05) is 156 Å². The second kappa shape index (κ2) is 25.0. The van der Waals surface area contributed by atoms with Gasteiger partial charge in [0.25, 0.3) is 0 Å². The Bertz CT molecular complexity index is 446. The first-order valence-corrected chi connectivity index (χ1v) is 16.5. The molecule has 0 saturated carbocycles. The molecule has 0 aliphatic carbocycles. The van der Waals surface area contributed by atoms with Gasteiger partial charge in [-0.2, -0.15) is 0 Å². The summed E-state index contributed by atoms with van der Waals surface area (Å²) in [6.07, 6.45) is 41.0. The van der Waals surface area contributed by atoms with Crippen LogP contribution in [0.5, 0.6) is 0 Å². The van der Waals surface area contributed by atoms with E-state index in [4.69, 9.17) is 0 Å². The highest BCUT2D eigenvalue weighted by molar-refractivity contribution is 4.96. The van der Waals surface area contributed by atoms with E-state index in [2.05, 4.69) is 43.0 Å². The Morgan fingerprint density at radius 2 is 0.657 bits per heavy atom. The number of hydrogen-bond acceptors (Lipinski definition) is 2. The van der Waals surface area contributed by atoms with Crippen molar-refractivity contribution < 1.29 is 0 Å². The molecule has 208 valence electrons. The zero-order valence-electron chi connectivity index (χ0n) is 24.7. The maximum atomic E-state index is 2.67. The van der Waals surface area contributed by atoms with Crippen LogP contribution in [0.25, 0.3) is 0 Å². The van der Waals surface area contributed by atoms with Crippen LogP contribution in [0.2, 0.25) is 0 Å². The molecule has 1 atom stereocenters. The minimum atomic E-state index is 0.640. The topological polar surface area (TPSA) is 6.48 Å². The molecule has 0 spiro atoms. The van der Waals surface area contributed by atoms with Gasteiger partial charge in [-0.15, -0.1) is 0 Å². The van der Waals surface area contributed by atoms with Gasteiger partial charge in [0.05, 0.1) is 0 Å². The van der Waals surface area contributed by atoms with Crippen molar-refractivity contribution in [2.24, 2.45) is 0 Å². The van der Waals surface area contributed by atoms with Crippen molar-refractivity contribution in [3.8, 4) is 0 Å². The standard InChI is InChI=1S/C33H66N2/c1-4-7-10-12-14-16-17-18-19-20-21-23-25-27-30-35-32-31-34(33(35)28-9-6-3)29-26-24-22-15-13-11-8-5-2/h31-33H,4-30H2,1-3H3. The minimum Gasteiger partial charge on any atom is -0.356 e. The highest BCUT2D eigenvalue weighted by Crippen LogP contribution is 2.23. The van der Waals surface area contributed by atoms with Crippen molar-refractivity contribution >= 4 is 0 Å². The molecule has 0 radical (unpaired) electrons. The fraction of sp³-hybridized carbons (Fsp3) is 0.939. The molecule has 1 rings (SSSR count). The van der Waals surface area contributed by atoms with Gasteiger partial charge in [0.15, 0.2) is 0 Å². The van der Waals surface area contributed by atoms with E-state index in [1.165, 1.54) is 174 Å². The molecule has 0 bridgehead atoms.